The van der Waals surface area contributed by atoms with E-state index < -0.39 is 0 Å². The van der Waals surface area contributed by atoms with Crippen molar-refractivity contribution in [3.8, 4) is 0 Å². The number of likely N-dealkylation sites (N-methyl/N-ethyl adjacent to an activating group) is 1. The van der Waals surface area contributed by atoms with Gasteiger partial charge in [-0.2, -0.15) is 0 Å². The predicted molar refractivity (Wildman–Crippen MR) is 78.4 cm³/mol. The first-order valence-corrected chi connectivity index (χ1v) is 6.66. The van der Waals surface area contributed by atoms with E-state index in [1.807, 2.05) is 24.3 Å². The molecule has 1 heterocycles. The third kappa shape index (κ3) is 3.83. The second kappa shape index (κ2) is 6.38. The number of halogens is 1. The van der Waals surface area contributed by atoms with Gasteiger partial charge in [-0.05, 0) is 29.8 Å². The summed E-state index contributed by atoms with van der Waals surface area (Å²) in [5.41, 5.74) is 1.07. The zero-order valence-electron chi connectivity index (χ0n) is 10.5. The molecule has 0 unspecified atom stereocenters. The molecule has 0 spiro atoms. The summed E-state index contributed by atoms with van der Waals surface area (Å²) in [5, 5.41) is 0. The second-order valence-corrected chi connectivity index (χ2v) is 4.99. The largest absolute Gasteiger partial charge is 0.465 e. The zero-order valence-corrected chi connectivity index (χ0v) is 12.1. The fourth-order valence-electron chi connectivity index (χ4n) is 1.63. The van der Waals surface area contributed by atoms with Crippen LogP contribution in [0.3, 0.4) is 0 Å². The molecule has 0 aliphatic heterocycles. The molecule has 1 aromatic heterocycles. The van der Waals surface area contributed by atoms with E-state index in [4.69, 9.17) is 4.42 Å². The van der Waals surface area contributed by atoms with E-state index in [-0.39, 0.29) is 5.91 Å². The van der Waals surface area contributed by atoms with Gasteiger partial charge >= 0.3 is 0 Å². The van der Waals surface area contributed by atoms with Gasteiger partial charge in [-0.1, -0.05) is 34.1 Å². The Kier molecular flexibility index (Phi) is 4.58. The normalized spacial score (nSPS) is 10.8. The molecule has 3 nitrogen and oxygen atoms in total. The fraction of sp³-hybridized carbons (Fsp3) is 0.133. The first-order valence-electron chi connectivity index (χ1n) is 5.87. The van der Waals surface area contributed by atoms with Crippen LogP contribution in [0.5, 0.6) is 0 Å². The van der Waals surface area contributed by atoms with E-state index in [0.29, 0.717) is 12.3 Å². The topological polar surface area (TPSA) is 33.5 Å². The van der Waals surface area contributed by atoms with E-state index in [1.54, 1.807) is 36.4 Å². The Morgan fingerprint density at radius 3 is 2.79 bits per heavy atom. The predicted octanol–water partition coefficient (Wildman–Crippen LogP) is 3.71. The summed E-state index contributed by atoms with van der Waals surface area (Å²) in [7, 11) is 1.77. The van der Waals surface area contributed by atoms with E-state index in [9.17, 15) is 4.79 Å². The minimum absolute atomic E-state index is 0.0628. The summed E-state index contributed by atoms with van der Waals surface area (Å²) in [6.07, 6.45) is 4.75. The fourth-order valence-corrected chi connectivity index (χ4v) is 2.04. The lowest BCUT2D eigenvalue weighted by molar-refractivity contribution is -0.125. The van der Waals surface area contributed by atoms with Crippen LogP contribution < -0.4 is 0 Å². The van der Waals surface area contributed by atoms with Crippen molar-refractivity contribution >= 4 is 27.9 Å². The van der Waals surface area contributed by atoms with Crippen LogP contribution in [0.1, 0.15) is 11.3 Å². The molecule has 0 N–H and O–H groups in total. The first kappa shape index (κ1) is 13.6. The number of carbonyl (C=O) groups excluding carboxylic acids is 1. The molecule has 1 aromatic carbocycles. The molecule has 0 atom stereocenters. The minimum Gasteiger partial charge on any atom is -0.465 e. The number of benzene rings is 1. The molecule has 0 saturated heterocycles. The standard InChI is InChI=1S/C15H14BrNO2/c1-17(11-12-5-2-3-7-14(12)16)15(18)9-8-13-6-4-10-19-13/h2-10H,11H2,1H3. The molecule has 0 bridgehead atoms. The van der Waals surface area contributed by atoms with E-state index in [0.717, 1.165) is 10.0 Å². The van der Waals surface area contributed by atoms with Crippen molar-refractivity contribution in [2.45, 2.75) is 6.54 Å². The highest BCUT2D eigenvalue weighted by molar-refractivity contribution is 9.10. The van der Waals surface area contributed by atoms with Gasteiger partial charge in [0.05, 0.1) is 6.26 Å². The van der Waals surface area contributed by atoms with E-state index in [1.165, 1.54) is 6.08 Å². The summed E-state index contributed by atoms with van der Waals surface area (Å²) in [5.74, 6) is 0.606. The Labute approximate surface area is 120 Å². The second-order valence-electron chi connectivity index (χ2n) is 4.13. The summed E-state index contributed by atoms with van der Waals surface area (Å²) >= 11 is 3.47. The molecule has 2 rings (SSSR count). The number of furan rings is 1. The number of carbonyl (C=O) groups is 1. The van der Waals surface area contributed by atoms with Crippen LogP contribution in [0.2, 0.25) is 0 Å². The smallest absolute Gasteiger partial charge is 0.246 e. The van der Waals surface area contributed by atoms with Gasteiger partial charge in [0, 0.05) is 24.1 Å². The van der Waals surface area contributed by atoms with Gasteiger partial charge in [0.25, 0.3) is 0 Å². The highest BCUT2D eigenvalue weighted by Gasteiger charge is 2.07. The Hall–Kier alpha value is -1.81. The summed E-state index contributed by atoms with van der Waals surface area (Å²) in [6, 6.07) is 11.5. The highest BCUT2D eigenvalue weighted by Crippen LogP contribution is 2.17. The van der Waals surface area contributed by atoms with Crippen molar-refractivity contribution in [2.75, 3.05) is 7.05 Å². The Morgan fingerprint density at radius 1 is 1.32 bits per heavy atom. The van der Waals surface area contributed by atoms with Crippen LogP contribution in [0.4, 0.5) is 0 Å². The summed E-state index contributed by atoms with van der Waals surface area (Å²) in [6.45, 7) is 0.558. The molecular weight excluding hydrogens is 306 g/mol. The molecule has 4 heteroatoms. The third-order valence-corrected chi connectivity index (χ3v) is 3.45. The summed E-state index contributed by atoms with van der Waals surface area (Å²) < 4.78 is 6.14. The van der Waals surface area contributed by atoms with Crippen LogP contribution >= 0.6 is 15.9 Å². The first-order chi connectivity index (χ1) is 9.16. The average Bonchev–Trinajstić information content (AvgIpc) is 2.91. The van der Waals surface area contributed by atoms with Crippen molar-refractivity contribution in [3.05, 3.63) is 64.5 Å². The average molecular weight is 320 g/mol. The maximum Gasteiger partial charge on any atom is 0.246 e. The van der Waals surface area contributed by atoms with Crippen molar-refractivity contribution in [3.63, 3.8) is 0 Å². The van der Waals surface area contributed by atoms with E-state index in [2.05, 4.69) is 15.9 Å². The van der Waals surface area contributed by atoms with Gasteiger partial charge in [0.15, 0.2) is 0 Å². The van der Waals surface area contributed by atoms with Crippen LogP contribution in [0, 0.1) is 0 Å². The Balaban J connectivity index is 1.98. The molecule has 0 saturated carbocycles. The van der Waals surface area contributed by atoms with Gasteiger partial charge in [-0.3, -0.25) is 4.79 Å². The molecule has 0 aliphatic carbocycles. The van der Waals surface area contributed by atoms with Crippen molar-refractivity contribution in [1.82, 2.24) is 4.90 Å². The quantitative estimate of drug-likeness (QED) is 0.805. The maximum atomic E-state index is 11.9. The van der Waals surface area contributed by atoms with Crippen molar-refractivity contribution < 1.29 is 9.21 Å². The third-order valence-electron chi connectivity index (χ3n) is 2.67. The molecule has 0 aliphatic rings. The summed E-state index contributed by atoms with van der Waals surface area (Å²) in [4.78, 5) is 13.6. The monoisotopic (exact) mass is 319 g/mol. The van der Waals surface area contributed by atoms with Crippen LogP contribution in [0.25, 0.3) is 6.08 Å². The molecular formula is C15H14BrNO2. The lowest BCUT2D eigenvalue weighted by Gasteiger charge is -2.16. The lowest BCUT2D eigenvalue weighted by Crippen LogP contribution is -2.24. The molecule has 1 amide bonds. The number of rotatable bonds is 4. The van der Waals surface area contributed by atoms with Crippen LogP contribution in [-0.2, 0) is 11.3 Å². The van der Waals surface area contributed by atoms with Crippen LogP contribution in [-0.4, -0.2) is 17.9 Å². The Bertz CT molecular complexity index is 576. The number of hydrogen-bond acceptors (Lipinski definition) is 2. The number of hydrogen-bond donors (Lipinski definition) is 0. The SMILES string of the molecule is CN(Cc1ccccc1Br)C(=O)C=Cc1ccco1. The van der Waals surface area contributed by atoms with E-state index >= 15 is 0 Å². The maximum absolute atomic E-state index is 11.9. The minimum atomic E-state index is -0.0628. The van der Waals surface area contributed by atoms with Crippen LogP contribution in [0.15, 0.2) is 57.6 Å². The van der Waals surface area contributed by atoms with Crippen molar-refractivity contribution in [1.29, 1.82) is 0 Å². The highest BCUT2D eigenvalue weighted by atomic mass is 79.9. The molecule has 98 valence electrons. The number of nitrogens with zero attached hydrogens (tertiary/aromatic N) is 1. The van der Waals surface area contributed by atoms with Gasteiger partial charge < -0.3 is 9.32 Å². The molecule has 0 fully saturated rings. The molecule has 0 radical (unpaired) electrons. The van der Waals surface area contributed by atoms with Gasteiger partial charge in [0.1, 0.15) is 5.76 Å². The van der Waals surface area contributed by atoms with Gasteiger partial charge in [-0.15, -0.1) is 0 Å². The van der Waals surface area contributed by atoms with Gasteiger partial charge in [-0.25, -0.2) is 0 Å². The van der Waals surface area contributed by atoms with Crippen molar-refractivity contribution in [2.24, 2.45) is 0 Å². The number of amides is 1. The molecule has 2 aromatic rings. The zero-order chi connectivity index (χ0) is 13.7. The lowest BCUT2D eigenvalue weighted by atomic mass is 10.2. The Morgan fingerprint density at radius 2 is 2.11 bits per heavy atom. The van der Waals surface area contributed by atoms with Gasteiger partial charge in [0.2, 0.25) is 5.91 Å². The molecule has 19 heavy (non-hydrogen) atoms.